The van der Waals surface area contributed by atoms with E-state index in [2.05, 4.69) is 22.8 Å². The SMILES string of the molecule is COc1ccc(C2(CNC(=O)CC3CCCN3)CCCCC2)cc1OC.Cl. The number of ether oxygens (including phenoxy) is 2. The first kappa shape index (κ1) is 21.8. The minimum atomic E-state index is -0.00341. The first-order chi connectivity index (χ1) is 12.7. The second-order valence-corrected chi connectivity index (χ2v) is 7.68. The van der Waals surface area contributed by atoms with Gasteiger partial charge >= 0.3 is 0 Å². The Balaban J connectivity index is 0.00000261. The molecule has 1 aliphatic carbocycles. The monoisotopic (exact) mass is 396 g/mol. The Morgan fingerprint density at radius 3 is 2.52 bits per heavy atom. The third kappa shape index (κ3) is 5.29. The molecule has 1 saturated heterocycles. The van der Waals surface area contributed by atoms with Crippen molar-refractivity contribution in [3.8, 4) is 11.5 Å². The second kappa shape index (κ2) is 10.2. The second-order valence-electron chi connectivity index (χ2n) is 7.68. The lowest BCUT2D eigenvalue weighted by Gasteiger charge is -2.38. The highest BCUT2D eigenvalue weighted by Gasteiger charge is 2.35. The normalized spacial score (nSPS) is 21.2. The van der Waals surface area contributed by atoms with E-state index in [1.165, 1.54) is 31.2 Å². The molecule has 1 saturated carbocycles. The lowest BCUT2D eigenvalue weighted by molar-refractivity contribution is -0.121. The van der Waals surface area contributed by atoms with E-state index in [9.17, 15) is 4.79 Å². The van der Waals surface area contributed by atoms with Crippen molar-refractivity contribution >= 4 is 18.3 Å². The number of rotatable bonds is 7. The fourth-order valence-corrected chi connectivity index (χ4v) is 4.46. The van der Waals surface area contributed by atoms with Crippen LogP contribution in [0.5, 0.6) is 11.5 Å². The molecule has 2 N–H and O–H groups in total. The molecule has 0 aromatic heterocycles. The van der Waals surface area contributed by atoms with Crippen molar-refractivity contribution in [2.75, 3.05) is 27.3 Å². The summed E-state index contributed by atoms with van der Waals surface area (Å²) in [5.41, 5.74) is 1.24. The van der Waals surface area contributed by atoms with Gasteiger partial charge in [-0.25, -0.2) is 0 Å². The molecule has 1 atom stereocenters. The molecular weight excluding hydrogens is 364 g/mol. The van der Waals surface area contributed by atoms with Crippen LogP contribution in [0.25, 0.3) is 0 Å². The van der Waals surface area contributed by atoms with Crippen LogP contribution in [0.3, 0.4) is 0 Å². The first-order valence-electron chi connectivity index (χ1n) is 9.89. The summed E-state index contributed by atoms with van der Waals surface area (Å²) in [5.74, 6) is 1.67. The van der Waals surface area contributed by atoms with Crippen LogP contribution in [-0.4, -0.2) is 39.3 Å². The number of benzene rings is 1. The Labute approximate surface area is 169 Å². The lowest BCUT2D eigenvalue weighted by atomic mass is 9.69. The fourth-order valence-electron chi connectivity index (χ4n) is 4.46. The average molecular weight is 397 g/mol. The third-order valence-electron chi connectivity index (χ3n) is 6.02. The van der Waals surface area contributed by atoms with E-state index in [1.54, 1.807) is 14.2 Å². The van der Waals surface area contributed by atoms with Gasteiger partial charge in [-0.3, -0.25) is 4.79 Å². The molecule has 2 fully saturated rings. The van der Waals surface area contributed by atoms with E-state index in [0.29, 0.717) is 19.0 Å². The van der Waals surface area contributed by atoms with E-state index >= 15 is 0 Å². The number of amides is 1. The van der Waals surface area contributed by atoms with Crippen molar-refractivity contribution in [3.05, 3.63) is 23.8 Å². The molecule has 6 heteroatoms. The van der Waals surface area contributed by atoms with Gasteiger partial charge in [0.25, 0.3) is 0 Å². The average Bonchev–Trinajstić information content (AvgIpc) is 3.19. The number of hydrogen-bond donors (Lipinski definition) is 2. The molecule has 0 spiro atoms. The highest BCUT2D eigenvalue weighted by Crippen LogP contribution is 2.42. The van der Waals surface area contributed by atoms with Gasteiger partial charge in [0.1, 0.15) is 0 Å². The minimum absolute atomic E-state index is 0. The predicted molar refractivity (Wildman–Crippen MR) is 110 cm³/mol. The van der Waals surface area contributed by atoms with E-state index in [0.717, 1.165) is 37.3 Å². The van der Waals surface area contributed by atoms with Gasteiger partial charge in [-0.05, 0) is 49.9 Å². The molecule has 152 valence electrons. The van der Waals surface area contributed by atoms with Gasteiger partial charge < -0.3 is 20.1 Å². The molecule has 1 unspecified atom stereocenters. The third-order valence-corrected chi connectivity index (χ3v) is 6.02. The molecule has 0 radical (unpaired) electrons. The summed E-state index contributed by atoms with van der Waals surface area (Å²) in [6.45, 7) is 1.74. The number of nitrogens with one attached hydrogen (secondary N) is 2. The summed E-state index contributed by atoms with van der Waals surface area (Å²) in [5, 5.41) is 6.64. The van der Waals surface area contributed by atoms with Crippen molar-refractivity contribution in [1.29, 1.82) is 0 Å². The predicted octanol–water partition coefficient (Wildman–Crippen LogP) is 3.59. The Morgan fingerprint density at radius 1 is 1.15 bits per heavy atom. The number of halogens is 1. The molecule has 1 amide bonds. The highest BCUT2D eigenvalue weighted by molar-refractivity contribution is 5.85. The van der Waals surface area contributed by atoms with Gasteiger partial charge in [-0.1, -0.05) is 25.3 Å². The van der Waals surface area contributed by atoms with Gasteiger partial charge in [0, 0.05) is 24.4 Å². The van der Waals surface area contributed by atoms with E-state index in [4.69, 9.17) is 9.47 Å². The summed E-state index contributed by atoms with van der Waals surface area (Å²) < 4.78 is 10.9. The van der Waals surface area contributed by atoms with E-state index in [1.807, 2.05) is 6.07 Å². The van der Waals surface area contributed by atoms with Crippen molar-refractivity contribution in [1.82, 2.24) is 10.6 Å². The highest BCUT2D eigenvalue weighted by atomic mass is 35.5. The molecule has 3 rings (SSSR count). The van der Waals surface area contributed by atoms with Gasteiger partial charge in [0.05, 0.1) is 14.2 Å². The fraction of sp³-hybridized carbons (Fsp3) is 0.667. The molecule has 1 aromatic carbocycles. The maximum atomic E-state index is 12.4. The van der Waals surface area contributed by atoms with Crippen LogP contribution in [0.1, 0.15) is 56.9 Å². The van der Waals surface area contributed by atoms with Crippen LogP contribution in [0.4, 0.5) is 0 Å². The standard InChI is InChI=1S/C21H32N2O3.ClH/c1-25-18-9-8-16(13-19(18)26-2)21(10-4-3-5-11-21)15-23-20(24)14-17-7-6-12-22-17;/h8-9,13,17,22H,3-7,10-12,14-15H2,1-2H3,(H,23,24);1H. The van der Waals surface area contributed by atoms with Crippen molar-refractivity contribution < 1.29 is 14.3 Å². The lowest BCUT2D eigenvalue weighted by Crippen LogP contribution is -2.43. The summed E-state index contributed by atoms with van der Waals surface area (Å²) in [6.07, 6.45) is 8.75. The number of carbonyl (C=O) groups is 1. The summed E-state index contributed by atoms with van der Waals surface area (Å²) in [6, 6.07) is 6.56. The molecule has 1 heterocycles. The number of methoxy groups -OCH3 is 2. The van der Waals surface area contributed by atoms with Crippen LogP contribution in [0.2, 0.25) is 0 Å². The van der Waals surface area contributed by atoms with Crippen molar-refractivity contribution in [3.63, 3.8) is 0 Å². The largest absolute Gasteiger partial charge is 0.493 e. The van der Waals surface area contributed by atoms with Crippen LogP contribution in [0, 0.1) is 0 Å². The van der Waals surface area contributed by atoms with E-state index < -0.39 is 0 Å². The summed E-state index contributed by atoms with van der Waals surface area (Å²) in [4.78, 5) is 12.4. The first-order valence-corrected chi connectivity index (χ1v) is 9.89. The molecular formula is C21H33ClN2O3. The Morgan fingerprint density at radius 2 is 1.89 bits per heavy atom. The molecule has 5 nitrogen and oxygen atoms in total. The Bertz CT molecular complexity index is 611. The molecule has 2 aliphatic rings. The minimum Gasteiger partial charge on any atom is -0.493 e. The van der Waals surface area contributed by atoms with E-state index in [-0.39, 0.29) is 23.7 Å². The molecule has 1 aromatic rings. The van der Waals surface area contributed by atoms with Gasteiger partial charge in [0.15, 0.2) is 11.5 Å². The number of carbonyl (C=O) groups excluding carboxylic acids is 1. The zero-order valence-electron chi connectivity index (χ0n) is 16.5. The van der Waals surface area contributed by atoms with Crippen LogP contribution in [0.15, 0.2) is 18.2 Å². The Hall–Kier alpha value is -1.46. The number of hydrogen-bond acceptors (Lipinski definition) is 4. The van der Waals surface area contributed by atoms with Gasteiger partial charge in [-0.15, -0.1) is 12.4 Å². The quantitative estimate of drug-likeness (QED) is 0.739. The van der Waals surface area contributed by atoms with Crippen LogP contribution < -0.4 is 20.1 Å². The molecule has 0 bridgehead atoms. The summed E-state index contributed by atoms with van der Waals surface area (Å²) >= 11 is 0. The molecule has 1 aliphatic heterocycles. The van der Waals surface area contributed by atoms with Crippen LogP contribution >= 0.6 is 12.4 Å². The maximum absolute atomic E-state index is 12.4. The van der Waals surface area contributed by atoms with Gasteiger partial charge in [0.2, 0.25) is 5.91 Å². The smallest absolute Gasteiger partial charge is 0.221 e. The van der Waals surface area contributed by atoms with Crippen LogP contribution in [-0.2, 0) is 10.2 Å². The van der Waals surface area contributed by atoms with Crippen molar-refractivity contribution in [2.45, 2.75) is 62.8 Å². The zero-order chi connectivity index (χ0) is 18.4. The Kier molecular flexibility index (Phi) is 8.24. The van der Waals surface area contributed by atoms with Crippen molar-refractivity contribution in [2.24, 2.45) is 0 Å². The zero-order valence-corrected chi connectivity index (χ0v) is 17.3. The molecule has 27 heavy (non-hydrogen) atoms. The topological polar surface area (TPSA) is 59.6 Å². The van der Waals surface area contributed by atoms with Gasteiger partial charge in [-0.2, -0.15) is 0 Å². The summed E-state index contributed by atoms with van der Waals surface area (Å²) in [7, 11) is 3.33. The maximum Gasteiger partial charge on any atom is 0.221 e.